The molecule has 1 aliphatic carbocycles. The second-order valence-corrected chi connectivity index (χ2v) is 12.9. The molecule has 232 valence electrons. The summed E-state index contributed by atoms with van der Waals surface area (Å²) in [7, 11) is 0. The maximum absolute atomic E-state index is 6.49. The highest BCUT2D eigenvalue weighted by Gasteiger charge is 2.19. The molecule has 0 radical (unpaired) electrons. The highest BCUT2D eigenvalue weighted by Crippen LogP contribution is 2.41. The highest BCUT2D eigenvalue weighted by molar-refractivity contribution is 6.13. The quantitative estimate of drug-likeness (QED) is 0.189. The fourth-order valence-electron chi connectivity index (χ4n) is 7.70. The fraction of sp³-hybridized carbons (Fsp3) is 0.0435. The van der Waals surface area contributed by atoms with E-state index >= 15 is 0 Å². The molecule has 0 fully saturated rings. The first-order chi connectivity index (χ1) is 24.3. The van der Waals surface area contributed by atoms with Crippen molar-refractivity contribution >= 4 is 66.9 Å². The molecule has 49 heavy (non-hydrogen) atoms. The van der Waals surface area contributed by atoms with E-state index in [0.717, 1.165) is 68.6 Å². The molecule has 0 unspecified atom stereocenters. The van der Waals surface area contributed by atoms with E-state index in [1.54, 1.807) is 0 Å². The molecule has 0 atom stereocenters. The number of rotatable bonds is 5. The summed E-state index contributed by atoms with van der Waals surface area (Å²) in [4.78, 5) is 2.35. The Balaban J connectivity index is 1.08. The molecule has 3 nitrogen and oxygen atoms in total. The number of aromatic nitrogens is 1. The van der Waals surface area contributed by atoms with Crippen LogP contribution in [0, 0.1) is 0 Å². The molecule has 2 aromatic heterocycles. The Morgan fingerprint density at radius 1 is 0.510 bits per heavy atom. The lowest BCUT2D eigenvalue weighted by Crippen LogP contribution is -2.10. The van der Waals surface area contributed by atoms with Crippen molar-refractivity contribution in [2.75, 3.05) is 4.90 Å². The molecule has 0 saturated heterocycles. The van der Waals surface area contributed by atoms with E-state index in [1.165, 1.54) is 33.0 Å². The van der Waals surface area contributed by atoms with E-state index in [4.69, 9.17) is 4.42 Å². The van der Waals surface area contributed by atoms with Gasteiger partial charge in [0.25, 0.3) is 0 Å². The molecule has 0 amide bonds. The second kappa shape index (κ2) is 11.1. The van der Waals surface area contributed by atoms with Crippen LogP contribution in [-0.2, 0) is 6.42 Å². The molecule has 10 rings (SSSR count). The lowest BCUT2D eigenvalue weighted by atomic mass is 9.96. The Morgan fingerprint density at radius 3 is 2.12 bits per heavy atom. The van der Waals surface area contributed by atoms with E-state index in [1.807, 2.05) is 12.1 Å². The van der Waals surface area contributed by atoms with Gasteiger partial charge in [0, 0.05) is 38.6 Å². The molecule has 1 aliphatic rings. The summed E-state index contributed by atoms with van der Waals surface area (Å²) >= 11 is 0. The van der Waals surface area contributed by atoms with Gasteiger partial charge in [-0.15, -0.1) is 0 Å². The number of allylic oxidation sites excluding steroid dienone is 1. The molecule has 0 bridgehead atoms. The summed E-state index contributed by atoms with van der Waals surface area (Å²) < 4.78 is 8.85. The van der Waals surface area contributed by atoms with Crippen LogP contribution in [0.4, 0.5) is 17.1 Å². The third kappa shape index (κ3) is 4.51. The van der Waals surface area contributed by atoms with Crippen molar-refractivity contribution in [2.24, 2.45) is 0 Å². The second-order valence-electron chi connectivity index (χ2n) is 12.9. The first-order valence-corrected chi connectivity index (χ1v) is 17.0. The zero-order chi connectivity index (χ0) is 32.3. The average molecular weight is 629 g/mol. The third-order valence-electron chi connectivity index (χ3n) is 10.0. The summed E-state index contributed by atoms with van der Waals surface area (Å²) in [6.07, 6.45) is 6.75. The number of hydrogen-bond acceptors (Lipinski definition) is 2. The van der Waals surface area contributed by atoms with Crippen molar-refractivity contribution in [3.8, 4) is 16.8 Å². The maximum Gasteiger partial charge on any atom is 0.159 e. The lowest BCUT2D eigenvalue weighted by molar-refractivity contribution is 0.666. The Labute approximate surface area is 284 Å². The van der Waals surface area contributed by atoms with Crippen molar-refractivity contribution in [3.05, 3.63) is 175 Å². The smallest absolute Gasteiger partial charge is 0.159 e. The van der Waals surface area contributed by atoms with Crippen LogP contribution in [0.3, 0.4) is 0 Å². The summed E-state index contributed by atoms with van der Waals surface area (Å²) in [5.41, 5.74) is 13.7. The van der Waals surface area contributed by atoms with Crippen molar-refractivity contribution in [3.63, 3.8) is 0 Å². The summed E-state index contributed by atoms with van der Waals surface area (Å²) in [5, 5.41) is 4.71. The fourth-order valence-corrected chi connectivity index (χ4v) is 7.70. The normalized spacial score (nSPS) is 12.7. The van der Waals surface area contributed by atoms with Crippen LogP contribution in [0.15, 0.2) is 168 Å². The molecule has 7 aromatic carbocycles. The number of hydrogen-bond donors (Lipinski definition) is 0. The Bertz CT molecular complexity index is 2710. The number of anilines is 3. The van der Waals surface area contributed by atoms with Gasteiger partial charge in [0.15, 0.2) is 5.58 Å². The molecular weight excluding hydrogens is 597 g/mol. The number of para-hydroxylation sites is 4. The Morgan fingerprint density at radius 2 is 1.22 bits per heavy atom. The van der Waals surface area contributed by atoms with E-state index < -0.39 is 0 Å². The summed E-state index contributed by atoms with van der Waals surface area (Å²) in [6, 6.07) is 56.8. The van der Waals surface area contributed by atoms with Crippen LogP contribution in [-0.4, -0.2) is 4.57 Å². The number of nitrogens with zero attached hydrogens (tertiary/aromatic N) is 2. The van der Waals surface area contributed by atoms with Crippen LogP contribution in [0.25, 0.3) is 66.6 Å². The van der Waals surface area contributed by atoms with Gasteiger partial charge in [0.05, 0.1) is 16.7 Å². The maximum atomic E-state index is 6.49. The Hall–Kier alpha value is -6.32. The van der Waals surface area contributed by atoms with Crippen molar-refractivity contribution < 1.29 is 4.42 Å². The molecule has 2 heterocycles. The number of furan rings is 1. The summed E-state index contributed by atoms with van der Waals surface area (Å²) in [5.74, 6) is 0. The van der Waals surface area contributed by atoms with Crippen LogP contribution >= 0.6 is 0 Å². The van der Waals surface area contributed by atoms with Crippen molar-refractivity contribution in [1.29, 1.82) is 0 Å². The lowest BCUT2D eigenvalue weighted by Gasteiger charge is -2.27. The Kier molecular flexibility index (Phi) is 6.31. The number of fused-ring (bicyclic) bond motifs is 7. The minimum absolute atomic E-state index is 0.906. The van der Waals surface area contributed by atoms with Gasteiger partial charge < -0.3 is 13.9 Å². The van der Waals surface area contributed by atoms with Gasteiger partial charge >= 0.3 is 0 Å². The SMILES string of the molecule is C1=Cc2cc(N(c3ccccc3)c3ccc(-c4ccc5c(c4)c4ccccc4n5-c4cccc5c4oc4ccccc45)cc3)ccc2CC1. The van der Waals surface area contributed by atoms with Gasteiger partial charge in [-0.05, 0) is 102 Å². The molecule has 0 N–H and O–H groups in total. The van der Waals surface area contributed by atoms with E-state index in [0.29, 0.717) is 0 Å². The van der Waals surface area contributed by atoms with Gasteiger partial charge in [0.1, 0.15) is 5.58 Å². The highest BCUT2D eigenvalue weighted by atomic mass is 16.3. The number of benzene rings is 7. The number of aryl methyl sites for hydroxylation is 1. The van der Waals surface area contributed by atoms with Gasteiger partial charge in [-0.1, -0.05) is 103 Å². The van der Waals surface area contributed by atoms with E-state index in [-0.39, 0.29) is 0 Å². The standard InChI is InChI=1S/C46H32N2O/c1-2-13-35(14-3-1)47(37-27-23-31-11-4-5-12-33(31)29-37)36-25-21-32(22-26-36)34-24-28-43-41(30-34)38-15-6-8-18-42(38)48(43)44-19-10-17-40-39-16-7-9-20-45(39)49-46(40)44/h1-3,5-10,12-30H,4,11H2. The van der Waals surface area contributed by atoms with E-state index in [9.17, 15) is 0 Å². The van der Waals surface area contributed by atoms with Crippen LogP contribution in [0.1, 0.15) is 17.5 Å². The largest absolute Gasteiger partial charge is 0.454 e. The zero-order valence-electron chi connectivity index (χ0n) is 26.9. The van der Waals surface area contributed by atoms with Crippen LogP contribution in [0.2, 0.25) is 0 Å². The van der Waals surface area contributed by atoms with Gasteiger partial charge in [-0.3, -0.25) is 0 Å². The van der Waals surface area contributed by atoms with E-state index in [2.05, 4.69) is 167 Å². The van der Waals surface area contributed by atoms with Crippen molar-refractivity contribution in [2.45, 2.75) is 12.8 Å². The first-order valence-electron chi connectivity index (χ1n) is 17.0. The molecule has 3 heteroatoms. The third-order valence-corrected chi connectivity index (χ3v) is 10.0. The molecule has 9 aromatic rings. The minimum Gasteiger partial charge on any atom is -0.454 e. The average Bonchev–Trinajstić information content (AvgIpc) is 3.71. The topological polar surface area (TPSA) is 21.3 Å². The molecule has 0 saturated carbocycles. The summed E-state index contributed by atoms with van der Waals surface area (Å²) in [6.45, 7) is 0. The van der Waals surface area contributed by atoms with Gasteiger partial charge in [-0.25, -0.2) is 0 Å². The van der Waals surface area contributed by atoms with Gasteiger partial charge in [-0.2, -0.15) is 0 Å². The predicted octanol–water partition coefficient (Wildman–Crippen LogP) is 12.8. The molecule has 0 spiro atoms. The van der Waals surface area contributed by atoms with Crippen LogP contribution in [0.5, 0.6) is 0 Å². The van der Waals surface area contributed by atoms with Crippen molar-refractivity contribution in [1.82, 2.24) is 4.57 Å². The minimum atomic E-state index is 0.906. The molecule has 0 aliphatic heterocycles. The van der Waals surface area contributed by atoms with Gasteiger partial charge in [0.2, 0.25) is 0 Å². The molecular formula is C46H32N2O. The first kappa shape index (κ1) is 27.8. The van der Waals surface area contributed by atoms with Crippen LogP contribution < -0.4 is 4.90 Å². The zero-order valence-corrected chi connectivity index (χ0v) is 26.9. The monoisotopic (exact) mass is 628 g/mol. The predicted molar refractivity (Wildman–Crippen MR) is 206 cm³/mol.